The van der Waals surface area contributed by atoms with Gasteiger partial charge in [-0.3, -0.25) is 14.3 Å². The molecule has 0 saturated heterocycles. The molecule has 0 atom stereocenters. The third-order valence-corrected chi connectivity index (χ3v) is 4.35. The van der Waals surface area contributed by atoms with E-state index in [9.17, 15) is 9.59 Å². The van der Waals surface area contributed by atoms with Crippen molar-refractivity contribution in [2.45, 2.75) is 52.4 Å². The molecule has 8 nitrogen and oxygen atoms in total. The second kappa shape index (κ2) is 7.77. The molecule has 2 aliphatic heterocycles. The van der Waals surface area contributed by atoms with Crippen molar-refractivity contribution in [3.8, 4) is 5.75 Å². The van der Waals surface area contributed by atoms with Crippen molar-refractivity contribution in [1.29, 1.82) is 0 Å². The van der Waals surface area contributed by atoms with Crippen LogP contribution < -0.4 is 10.1 Å². The number of nitrogens with zero attached hydrogens (tertiary/aromatic N) is 4. The van der Waals surface area contributed by atoms with Gasteiger partial charge in [-0.2, -0.15) is 0 Å². The summed E-state index contributed by atoms with van der Waals surface area (Å²) in [7, 11) is 0. The fourth-order valence-corrected chi connectivity index (χ4v) is 2.82. The highest BCUT2D eigenvalue weighted by Crippen LogP contribution is 2.16. The van der Waals surface area contributed by atoms with E-state index in [0.717, 1.165) is 11.3 Å². The average molecular weight is 371 g/mol. The first-order valence-corrected chi connectivity index (χ1v) is 8.99. The summed E-state index contributed by atoms with van der Waals surface area (Å²) in [5.41, 5.74) is 1.19. The second-order valence-electron chi connectivity index (χ2n) is 7.58. The lowest BCUT2D eigenvalue weighted by atomic mass is 10.1. The van der Waals surface area contributed by atoms with Crippen molar-refractivity contribution in [2.75, 3.05) is 6.54 Å². The minimum Gasteiger partial charge on any atom is -0.487 e. The number of amides is 2. The van der Waals surface area contributed by atoms with Gasteiger partial charge in [-0.15, -0.1) is 5.10 Å². The molecular weight excluding hydrogens is 346 g/mol. The molecule has 4 rings (SSSR count). The summed E-state index contributed by atoms with van der Waals surface area (Å²) >= 11 is 0. The molecule has 3 heterocycles. The molecule has 144 valence electrons. The number of carbonyl (C=O) groups is 2. The molecule has 2 aromatic rings. The highest BCUT2D eigenvalue weighted by atomic mass is 16.5. The summed E-state index contributed by atoms with van der Waals surface area (Å²) in [5.74, 6) is 0.434. The van der Waals surface area contributed by atoms with Gasteiger partial charge in [-0.05, 0) is 38.5 Å². The highest BCUT2D eigenvalue weighted by Gasteiger charge is 2.28. The van der Waals surface area contributed by atoms with Crippen molar-refractivity contribution >= 4 is 11.8 Å². The van der Waals surface area contributed by atoms with Crippen LogP contribution in [0.5, 0.6) is 5.75 Å². The maximum atomic E-state index is 12.7. The summed E-state index contributed by atoms with van der Waals surface area (Å²) in [6.45, 7) is 6.88. The zero-order valence-electron chi connectivity index (χ0n) is 15.9. The van der Waals surface area contributed by atoms with Crippen molar-refractivity contribution in [3.05, 3.63) is 41.7 Å². The van der Waals surface area contributed by atoms with Crippen LogP contribution >= 0.6 is 0 Å². The molecule has 0 saturated carbocycles. The van der Waals surface area contributed by atoms with Gasteiger partial charge in [0.15, 0.2) is 0 Å². The second-order valence-corrected chi connectivity index (χ2v) is 7.58. The number of benzene rings is 1. The number of aryl methyl sites for hydroxylation is 1. The van der Waals surface area contributed by atoms with Crippen LogP contribution in [0.3, 0.4) is 0 Å². The zero-order chi connectivity index (χ0) is 19.4. The molecule has 0 fully saturated rings. The SMILES string of the molecule is CC(C)(C)N1CC(=O)NCc2ccc(cc2)OCc2cn(nn2)CCC1=O. The zero-order valence-corrected chi connectivity index (χ0v) is 15.9. The van der Waals surface area contributed by atoms with Crippen LogP contribution in [0.15, 0.2) is 30.5 Å². The maximum Gasteiger partial charge on any atom is 0.239 e. The van der Waals surface area contributed by atoms with E-state index in [2.05, 4.69) is 15.6 Å². The minimum atomic E-state index is -0.458. The predicted octanol–water partition coefficient (Wildman–Crippen LogP) is 1.50. The number of hydrogen-bond donors (Lipinski definition) is 1. The van der Waals surface area contributed by atoms with Crippen molar-refractivity contribution in [2.24, 2.45) is 0 Å². The van der Waals surface area contributed by atoms with Gasteiger partial charge in [0, 0.05) is 18.5 Å². The Morgan fingerprint density at radius 3 is 2.59 bits per heavy atom. The normalized spacial score (nSPS) is 16.6. The van der Waals surface area contributed by atoms with E-state index in [1.54, 1.807) is 15.8 Å². The largest absolute Gasteiger partial charge is 0.487 e. The lowest BCUT2D eigenvalue weighted by molar-refractivity contribution is -0.141. The molecule has 1 aromatic heterocycles. The molecule has 8 heteroatoms. The smallest absolute Gasteiger partial charge is 0.239 e. The molecule has 2 amide bonds. The lowest BCUT2D eigenvalue weighted by Crippen LogP contribution is -2.50. The summed E-state index contributed by atoms with van der Waals surface area (Å²) in [4.78, 5) is 26.7. The Balaban J connectivity index is 1.83. The van der Waals surface area contributed by atoms with E-state index < -0.39 is 5.54 Å². The Hall–Kier alpha value is -2.90. The van der Waals surface area contributed by atoms with Crippen LogP contribution in [-0.4, -0.2) is 43.8 Å². The van der Waals surface area contributed by atoms with Crippen LogP contribution in [-0.2, 0) is 29.3 Å². The Bertz CT molecular complexity index is 807. The summed E-state index contributed by atoms with van der Waals surface area (Å²) in [6, 6.07) is 7.51. The van der Waals surface area contributed by atoms with Crippen LogP contribution in [0.2, 0.25) is 0 Å². The Morgan fingerprint density at radius 2 is 1.89 bits per heavy atom. The number of aromatic nitrogens is 3. The first-order chi connectivity index (χ1) is 12.8. The van der Waals surface area contributed by atoms with Crippen molar-refractivity contribution < 1.29 is 14.3 Å². The highest BCUT2D eigenvalue weighted by molar-refractivity contribution is 5.85. The number of nitrogens with one attached hydrogen (secondary N) is 1. The fourth-order valence-electron chi connectivity index (χ4n) is 2.82. The monoisotopic (exact) mass is 371 g/mol. The fraction of sp³-hybridized carbons (Fsp3) is 0.474. The van der Waals surface area contributed by atoms with E-state index in [0.29, 0.717) is 25.4 Å². The van der Waals surface area contributed by atoms with Crippen LogP contribution in [0.25, 0.3) is 0 Å². The number of carbonyl (C=O) groups excluding carboxylic acids is 2. The van der Waals surface area contributed by atoms with Gasteiger partial charge in [-0.1, -0.05) is 17.3 Å². The van der Waals surface area contributed by atoms with E-state index >= 15 is 0 Å². The van der Waals surface area contributed by atoms with Gasteiger partial charge in [-0.25, -0.2) is 0 Å². The molecule has 1 aromatic carbocycles. The van der Waals surface area contributed by atoms with Crippen LogP contribution in [0.1, 0.15) is 38.4 Å². The topological polar surface area (TPSA) is 89.3 Å². The van der Waals surface area contributed by atoms with E-state index in [-0.39, 0.29) is 24.8 Å². The van der Waals surface area contributed by atoms with Crippen molar-refractivity contribution in [1.82, 2.24) is 25.2 Å². The van der Waals surface area contributed by atoms with Gasteiger partial charge >= 0.3 is 0 Å². The number of fused-ring (bicyclic) bond motifs is 10. The lowest BCUT2D eigenvalue weighted by Gasteiger charge is -2.35. The predicted molar refractivity (Wildman–Crippen MR) is 98.7 cm³/mol. The standard InChI is InChI=1S/C19H25N5O3/c1-19(2,3)24-12-17(25)20-10-14-4-6-16(7-5-14)27-13-15-11-23(22-21-15)9-8-18(24)26/h4-7,11H,8-10,12-13H2,1-3H3,(H,20,25). The molecule has 0 radical (unpaired) electrons. The van der Waals surface area contributed by atoms with Crippen LogP contribution in [0.4, 0.5) is 0 Å². The van der Waals surface area contributed by atoms with Gasteiger partial charge in [0.05, 0.1) is 12.7 Å². The third kappa shape index (κ3) is 5.06. The Morgan fingerprint density at radius 1 is 1.15 bits per heavy atom. The molecule has 4 bridgehead atoms. The van der Waals surface area contributed by atoms with Gasteiger partial charge in [0.2, 0.25) is 11.8 Å². The quantitative estimate of drug-likeness (QED) is 0.758. The van der Waals surface area contributed by atoms with Gasteiger partial charge in [0.25, 0.3) is 0 Å². The first-order valence-electron chi connectivity index (χ1n) is 8.99. The number of ether oxygens (including phenoxy) is 1. The molecular formula is C19H25N5O3. The Kier molecular flexibility index (Phi) is 5.43. The van der Waals surface area contributed by atoms with Crippen molar-refractivity contribution in [3.63, 3.8) is 0 Å². The minimum absolute atomic E-state index is 0.0200. The number of rotatable bonds is 0. The van der Waals surface area contributed by atoms with E-state index in [1.807, 2.05) is 45.0 Å². The molecule has 2 aliphatic rings. The van der Waals surface area contributed by atoms with E-state index in [4.69, 9.17) is 4.74 Å². The Labute approximate surface area is 158 Å². The van der Waals surface area contributed by atoms with Gasteiger partial charge in [0.1, 0.15) is 24.6 Å². The van der Waals surface area contributed by atoms with Crippen LogP contribution in [0, 0.1) is 0 Å². The molecule has 1 N–H and O–H groups in total. The molecule has 0 spiro atoms. The summed E-state index contributed by atoms with van der Waals surface area (Å²) in [6.07, 6.45) is 2.01. The maximum absolute atomic E-state index is 12.7. The third-order valence-electron chi connectivity index (χ3n) is 4.35. The molecule has 27 heavy (non-hydrogen) atoms. The molecule has 0 aliphatic carbocycles. The first kappa shape index (κ1) is 18.9. The van der Waals surface area contributed by atoms with Gasteiger partial charge < -0.3 is 15.0 Å². The molecule has 0 unspecified atom stereocenters. The number of hydrogen-bond acceptors (Lipinski definition) is 5. The van der Waals surface area contributed by atoms with E-state index in [1.165, 1.54) is 0 Å². The summed E-state index contributed by atoms with van der Waals surface area (Å²) < 4.78 is 7.33. The summed E-state index contributed by atoms with van der Waals surface area (Å²) in [5, 5.41) is 11.0. The average Bonchev–Trinajstić information content (AvgIpc) is 3.08.